The number of nitrogens with one attached hydrogen (secondary N) is 2. The van der Waals surface area contributed by atoms with Crippen LogP contribution in [0.25, 0.3) is 10.8 Å². The summed E-state index contributed by atoms with van der Waals surface area (Å²) in [7, 11) is 1.29. The second-order valence-corrected chi connectivity index (χ2v) is 15.8. The fourth-order valence-electron chi connectivity index (χ4n) is 7.26. The number of pyridine rings is 1. The molecule has 3 amide bonds. The van der Waals surface area contributed by atoms with Crippen LogP contribution in [0.1, 0.15) is 72.1 Å². The number of allylic oxidation sites excluding steroid dienone is 1. The van der Waals surface area contributed by atoms with Gasteiger partial charge >= 0.3 is 0 Å². The van der Waals surface area contributed by atoms with Crippen LogP contribution in [0.2, 0.25) is 0 Å². The molecular weight excluding hydrogens is 614 g/mol. The highest BCUT2D eigenvalue weighted by Gasteiger charge is 2.61. The van der Waals surface area contributed by atoms with Gasteiger partial charge in [0.1, 0.15) is 23.4 Å². The summed E-state index contributed by atoms with van der Waals surface area (Å²) in [4.78, 5) is 48.5. The molecule has 2 aromatic rings. The minimum Gasteiger partial charge on any atom is -0.497 e. The van der Waals surface area contributed by atoms with Crippen LogP contribution in [0, 0.1) is 17.8 Å². The van der Waals surface area contributed by atoms with Gasteiger partial charge in [-0.1, -0.05) is 43.1 Å². The first-order valence-corrected chi connectivity index (χ1v) is 18.5. The molecule has 11 heteroatoms. The molecule has 1 unspecified atom stereocenters. The summed E-state index contributed by atoms with van der Waals surface area (Å²) in [6, 6.07) is 5.99. The lowest BCUT2D eigenvalue weighted by Gasteiger charge is -2.31. The maximum absolute atomic E-state index is 14.3. The van der Waals surface area contributed by atoms with E-state index >= 15 is 0 Å². The van der Waals surface area contributed by atoms with Crippen molar-refractivity contribution >= 4 is 44.5 Å². The van der Waals surface area contributed by atoms with Gasteiger partial charge in [0.25, 0.3) is 5.91 Å². The third-order valence-corrected chi connectivity index (χ3v) is 12.5. The fourth-order valence-corrected chi connectivity index (χ4v) is 8.97. The molecule has 254 valence electrons. The summed E-state index contributed by atoms with van der Waals surface area (Å²) in [5, 5.41) is 7.43. The molecule has 3 heterocycles. The van der Waals surface area contributed by atoms with E-state index in [1.165, 1.54) is 0 Å². The molecule has 1 aromatic carbocycles. The Morgan fingerprint density at radius 2 is 2.04 bits per heavy atom. The van der Waals surface area contributed by atoms with Crippen molar-refractivity contribution in [3.05, 3.63) is 42.6 Å². The quantitative estimate of drug-likeness (QED) is 0.294. The Morgan fingerprint density at radius 1 is 1.23 bits per heavy atom. The first-order valence-electron chi connectivity index (χ1n) is 17.1. The van der Waals surface area contributed by atoms with Crippen LogP contribution in [0.4, 0.5) is 0 Å². The van der Waals surface area contributed by atoms with Crippen LogP contribution in [-0.2, 0) is 14.4 Å². The Kier molecular flexibility index (Phi) is 9.94. The molecule has 1 saturated heterocycles. The highest BCUT2D eigenvalue weighted by atomic mass is 32.2. The van der Waals surface area contributed by atoms with E-state index in [0.717, 1.165) is 55.0 Å². The number of rotatable bonds is 7. The number of carbonyl (C=O) groups excluding carboxylic acids is 3. The van der Waals surface area contributed by atoms with Crippen LogP contribution in [0.5, 0.6) is 11.6 Å². The minimum atomic E-state index is -1.04. The number of amides is 3. The maximum atomic E-state index is 14.3. The zero-order valence-corrected chi connectivity index (χ0v) is 28.8. The number of hydrogen-bond acceptors (Lipinski definition) is 7. The fraction of sp³-hybridized carbons (Fsp3) is 0.583. The summed E-state index contributed by atoms with van der Waals surface area (Å²) in [6.45, 7) is 6.46. The molecule has 4 N–H and O–H groups in total. The first-order chi connectivity index (χ1) is 22.7. The molecular formula is C36H49N5O5S. The number of methoxy groups -OCH3 is 1. The Hall–Kier alpha value is -3.44. The lowest BCUT2D eigenvalue weighted by atomic mass is 9.85. The van der Waals surface area contributed by atoms with Crippen molar-refractivity contribution in [2.24, 2.45) is 23.5 Å². The van der Waals surface area contributed by atoms with Crippen molar-refractivity contribution in [1.82, 2.24) is 19.9 Å². The molecule has 2 saturated carbocycles. The molecule has 1 aromatic heterocycles. The van der Waals surface area contributed by atoms with E-state index in [0.29, 0.717) is 23.5 Å². The van der Waals surface area contributed by atoms with Crippen LogP contribution < -0.4 is 25.2 Å². The second kappa shape index (κ2) is 14.0. The molecule has 0 spiro atoms. The van der Waals surface area contributed by atoms with E-state index in [4.69, 9.17) is 15.2 Å². The average molecular weight is 664 g/mol. The lowest BCUT2D eigenvalue weighted by Crippen LogP contribution is -2.57. The Labute approximate surface area is 280 Å². The van der Waals surface area contributed by atoms with Crippen LogP contribution in [-0.4, -0.2) is 75.6 Å². The van der Waals surface area contributed by atoms with E-state index in [1.54, 1.807) is 18.2 Å². The number of hydrogen-bond donors (Lipinski definition) is 3. The Bertz CT molecular complexity index is 1580. The summed E-state index contributed by atoms with van der Waals surface area (Å²) in [6.07, 6.45) is 11.9. The number of nitrogens with zero attached hydrogens (tertiary/aromatic N) is 2. The summed E-state index contributed by atoms with van der Waals surface area (Å²) >= 11 is 0. The molecule has 2 aliphatic carbocycles. The third-order valence-electron chi connectivity index (χ3n) is 10.4. The molecule has 8 atom stereocenters. The highest BCUT2D eigenvalue weighted by molar-refractivity contribution is 8.14. The zero-order valence-electron chi connectivity index (χ0n) is 27.9. The maximum Gasteiger partial charge on any atom is 0.255 e. The summed E-state index contributed by atoms with van der Waals surface area (Å²) in [5.41, 5.74) is 5.68. The normalized spacial score (nSPS) is 32.7. The van der Waals surface area contributed by atoms with Crippen molar-refractivity contribution in [3.63, 3.8) is 0 Å². The van der Waals surface area contributed by atoms with Crippen molar-refractivity contribution in [2.75, 3.05) is 13.7 Å². The molecule has 6 rings (SSSR count). The summed E-state index contributed by atoms with van der Waals surface area (Å²) < 4.78 is 15.1. The van der Waals surface area contributed by atoms with Crippen LogP contribution in [0.3, 0.4) is 0 Å². The van der Waals surface area contributed by atoms with Crippen molar-refractivity contribution in [3.8, 4) is 11.6 Å². The summed E-state index contributed by atoms with van der Waals surface area (Å²) in [5.74, 6) is 0.679. The number of aromatic nitrogens is 1. The molecule has 3 fully saturated rings. The number of fused-ring (bicyclic) bond motifs is 3. The van der Waals surface area contributed by atoms with Gasteiger partial charge in [-0.3, -0.25) is 14.4 Å². The van der Waals surface area contributed by atoms with Gasteiger partial charge in [0.05, 0.1) is 19.7 Å². The Morgan fingerprint density at radius 3 is 2.77 bits per heavy atom. The van der Waals surface area contributed by atoms with Gasteiger partial charge in [-0.15, -0.1) is 0 Å². The van der Waals surface area contributed by atoms with Crippen molar-refractivity contribution in [1.29, 1.82) is 0 Å². The number of nitrogens with two attached hydrogens (primary N) is 1. The van der Waals surface area contributed by atoms with Crippen molar-refractivity contribution < 1.29 is 23.9 Å². The van der Waals surface area contributed by atoms with E-state index in [2.05, 4.69) is 46.4 Å². The van der Waals surface area contributed by atoms with E-state index in [1.807, 2.05) is 31.2 Å². The molecule has 0 bridgehead atoms. The second-order valence-electron chi connectivity index (χ2n) is 13.7. The highest BCUT2D eigenvalue weighted by Crippen LogP contribution is 2.47. The van der Waals surface area contributed by atoms with E-state index in [9.17, 15) is 14.4 Å². The molecule has 4 aliphatic rings. The van der Waals surface area contributed by atoms with Crippen LogP contribution in [0.15, 0.2) is 42.6 Å². The topological polar surface area (TPSA) is 136 Å². The zero-order chi connectivity index (χ0) is 33.3. The molecule has 2 aliphatic heterocycles. The first kappa shape index (κ1) is 33.5. The van der Waals surface area contributed by atoms with Gasteiger partial charge in [0.15, 0.2) is 0 Å². The molecule has 10 nitrogen and oxygen atoms in total. The average Bonchev–Trinajstić information content (AvgIpc) is 4.00. The van der Waals surface area contributed by atoms with Gasteiger partial charge in [-0.2, -0.15) is 0 Å². The van der Waals surface area contributed by atoms with Gasteiger partial charge in [0, 0.05) is 29.2 Å². The predicted octanol–water partition coefficient (Wildman–Crippen LogP) is 4.48. The van der Waals surface area contributed by atoms with E-state index < -0.39 is 23.7 Å². The largest absolute Gasteiger partial charge is 0.497 e. The smallest absolute Gasteiger partial charge is 0.255 e. The number of benzene rings is 1. The predicted molar refractivity (Wildman–Crippen MR) is 186 cm³/mol. The van der Waals surface area contributed by atoms with Gasteiger partial charge in [0.2, 0.25) is 17.7 Å². The SMILES string of the molecule is C/C=S(/NC(=O)[C@@]12C[C@H]1/C=C\CC[C@@H](C)C[C@@H](CC)[C@H](N)C(=O)N1C[C@H](Oc3nccc4cc(OC)ccc34)C[C@H]1C(=O)N2)C1CC1. The minimum absolute atomic E-state index is 0.0128. The number of carbonyl (C=O) groups is 3. The Balaban J connectivity index is 1.30. The molecule has 0 radical (unpaired) electrons. The number of ether oxygens (including phenoxy) is 2. The molecule has 47 heavy (non-hydrogen) atoms. The van der Waals surface area contributed by atoms with Gasteiger partial charge in [-0.05, 0) is 92.3 Å². The standard InChI is InChI=1S/C36H49N5O5S/c1-5-23-17-22(3)9-7-8-10-25-20-36(25,35(44)40-47(6-2)28-12-13-28)39-32(42)30-19-27(21-41(30)34(43)31(23)37)46-33-29-14-11-26(45-4)18-24(29)15-16-38-33/h6,8,10-11,14-16,18,22-23,25,27-28,30-31H,5,7,9,12-13,17,19-21,37H2,1-4H3,(H,39,42)(H,40,44)/b10-8-/t22-,23-,25-,27-,30+,31+,36-,47?/m1/s1. The van der Waals surface area contributed by atoms with Gasteiger partial charge in [-0.25, -0.2) is 4.98 Å². The van der Waals surface area contributed by atoms with Crippen LogP contribution >= 0.6 is 10.7 Å². The lowest BCUT2D eigenvalue weighted by molar-refractivity contribution is -0.141. The third kappa shape index (κ3) is 7.06. The van der Waals surface area contributed by atoms with E-state index in [-0.39, 0.29) is 53.2 Å². The monoisotopic (exact) mass is 663 g/mol. The van der Waals surface area contributed by atoms with Crippen molar-refractivity contribution in [2.45, 2.75) is 101 Å². The van der Waals surface area contributed by atoms with Gasteiger partial charge < -0.3 is 30.1 Å².